The van der Waals surface area contributed by atoms with Gasteiger partial charge in [0.1, 0.15) is 5.82 Å². The highest BCUT2D eigenvalue weighted by Crippen LogP contribution is 2.31. The van der Waals surface area contributed by atoms with Gasteiger partial charge in [0.25, 0.3) is 0 Å². The van der Waals surface area contributed by atoms with Gasteiger partial charge in [-0.15, -0.1) is 0 Å². The number of carboxylic acids is 1. The van der Waals surface area contributed by atoms with Gasteiger partial charge in [0.2, 0.25) is 10.0 Å². The Bertz CT molecular complexity index is 770. The highest BCUT2D eigenvalue weighted by molar-refractivity contribution is 7.89. The molecular weight excluding hydrogens is 381 g/mol. The lowest BCUT2D eigenvalue weighted by atomic mass is 9.96. The van der Waals surface area contributed by atoms with Gasteiger partial charge in [-0.1, -0.05) is 0 Å². The van der Waals surface area contributed by atoms with Crippen LogP contribution in [0.1, 0.15) is 19.3 Å². The Morgan fingerprint density at radius 2 is 1.93 bits per heavy atom. The van der Waals surface area contributed by atoms with Crippen LogP contribution in [0.5, 0.6) is 0 Å². The number of hydrogen-bond donors (Lipinski definition) is 2. The molecule has 2 N–H and O–H groups in total. The summed E-state index contributed by atoms with van der Waals surface area (Å²) in [5.41, 5.74) is 0. The van der Waals surface area contributed by atoms with Crippen LogP contribution in [0.25, 0.3) is 0 Å². The van der Waals surface area contributed by atoms with Gasteiger partial charge in [0, 0.05) is 6.54 Å². The average Bonchev–Trinajstić information content (AvgIpc) is 2.58. The number of rotatable bonds is 4. The second kappa shape index (κ2) is 8.19. The number of fused-ring (bicyclic) bond motifs is 1. The third kappa shape index (κ3) is 4.64. The second-order valence-electron chi connectivity index (χ2n) is 6.76. The molecule has 0 unspecified atom stereocenters. The van der Waals surface area contributed by atoms with E-state index in [9.17, 15) is 22.7 Å². The molecule has 0 aliphatic carbocycles. The molecule has 150 valence electrons. The van der Waals surface area contributed by atoms with Crippen molar-refractivity contribution in [1.82, 2.24) is 4.31 Å². The number of β-amino-alcohol motifs (C(OH)–C–C–N with tert-alkyl or cyclic N) is 1. The van der Waals surface area contributed by atoms with E-state index in [1.165, 1.54) is 16.4 Å². The van der Waals surface area contributed by atoms with Gasteiger partial charge in [-0.25, -0.2) is 12.8 Å². The van der Waals surface area contributed by atoms with Gasteiger partial charge in [-0.3, -0.25) is 4.79 Å². The van der Waals surface area contributed by atoms with Crippen LogP contribution in [-0.4, -0.2) is 73.0 Å². The number of carboxylic acid groups (broad SMARTS) is 1. The van der Waals surface area contributed by atoms with Crippen molar-refractivity contribution in [1.29, 1.82) is 0 Å². The van der Waals surface area contributed by atoms with Crippen LogP contribution in [0.3, 0.4) is 0 Å². The number of sulfonamides is 1. The molecule has 1 aromatic rings. The number of benzene rings is 1. The summed E-state index contributed by atoms with van der Waals surface area (Å²) in [5.74, 6) is -1.54. The molecule has 2 saturated heterocycles. The fraction of sp³-hybridized carbons (Fsp3) is 0.588. The minimum Gasteiger partial charge on any atom is -0.481 e. The van der Waals surface area contributed by atoms with E-state index in [-0.39, 0.29) is 31.1 Å². The molecule has 0 bridgehead atoms. The Labute approximate surface area is 156 Å². The molecule has 2 heterocycles. The zero-order valence-corrected chi connectivity index (χ0v) is 15.3. The molecule has 0 spiro atoms. The lowest BCUT2D eigenvalue weighted by Crippen LogP contribution is -2.57. The first-order valence-corrected chi connectivity index (χ1v) is 10.1. The van der Waals surface area contributed by atoms with E-state index in [1.54, 1.807) is 0 Å². The summed E-state index contributed by atoms with van der Waals surface area (Å²) in [6, 6.07) is 3.87. The van der Waals surface area contributed by atoms with Gasteiger partial charge in [-0.2, -0.15) is 4.31 Å². The van der Waals surface area contributed by atoms with Crippen LogP contribution in [-0.2, 0) is 24.3 Å². The molecule has 3 rings (SSSR count). The summed E-state index contributed by atoms with van der Waals surface area (Å²) in [7, 11) is -4.01. The predicted molar refractivity (Wildman–Crippen MR) is 91.1 cm³/mol. The van der Waals surface area contributed by atoms with E-state index in [1.807, 2.05) is 0 Å². The van der Waals surface area contributed by atoms with E-state index >= 15 is 0 Å². The number of ether oxygens (including phenoxy) is 2. The first kappa shape index (κ1) is 20.2. The van der Waals surface area contributed by atoms with Crippen molar-refractivity contribution in [2.45, 2.75) is 48.5 Å². The Balaban J connectivity index is 1.89. The smallest absolute Gasteiger partial charge is 0.305 e. The van der Waals surface area contributed by atoms with Crippen LogP contribution >= 0.6 is 0 Å². The predicted octanol–water partition coefficient (Wildman–Crippen LogP) is 0.598. The monoisotopic (exact) mass is 403 g/mol. The van der Waals surface area contributed by atoms with Crippen LogP contribution in [0, 0.1) is 5.82 Å². The summed E-state index contributed by atoms with van der Waals surface area (Å²) in [6.07, 6.45) is -1.61. The molecule has 2 fully saturated rings. The highest BCUT2D eigenvalue weighted by Gasteiger charge is 2.43. The third-order valence-corrected chi connectivity index (χ3v) is 6.66. The number of nitrogens with zero attached hydrogens (tertiary/aromatic N) is 1. The summed E-state index contributed by atoms with van der Waals surface area (Å²) < 4.78 is 51.8. The van der Waals surface area contributed by atoms with Crippen molar-refractivity contribution in [3.8, 4) is 0 Å². The Hall–Kier alpha value is -1.59. The van der Waals surface area contributed by atoms with Crippen molar-refractivity contribution in [3.05, 3.63) is 30.1 Å². The number of aliphatic hydroxyl groups is 1. The standard InChI is InChI=1S/C17H22FNO7S/c18-11-1-4-14(5-2-11)27(23,24)19-8-12(20)9-25-10-16-15(19)6-3-13(26-16)7-17(21)22/h1-2,4-5,12-13,15-16,20H,3,6-10H2,(H,21,22)/t12-,13-,15-,16+/m0/s1. The van der Waals surface area contributed by atoms with E-state index < -0.39 is 46.2 Å². The topological polar surface area (TPSA) is 113 Å². The minimum absolute atomic E-state index is 0.0489. The number of aliphatic carboxylic acids is 1. The molecule has 2 aliphatic rings. The molecule has 10 heteroatoms. The largest absolute Gasteiger partial charge is 0.481 e. The zero-order valence-electron chi connectivity index (χ0n) is 14.5. The van der Waals surface area contributed by atoms with Crippen LogP contribution in [0.15, 0.2) is 29.2 Å². The maximum absolute atomic E-state index is 13.2. The summed E-state index contributed by atoms with van der Waals surface area (Å²) in [4.78, 5) is 10.9. The summed E-state index contributed by atoms with van der Waals surface area (Å²) >= 11 is 0. The Morgan fingerprint density at radius 1 is 1.22 bits per heavy atom. The fourth-order valence-corrected chi connectivity index (χ4v) is 5.22. The molecule has 0 aromatic heterocycles. The average molecular weight is 403 g/mol. The molecular formula is C17H22FNO7S. The van der Waals surface area contributed by atoms with Crippen molar-refractivity contribution >= 4 is 16.0 Å². The van der Waals surface area contributed by atoms with Gasteiger partial charge in [0.15, 0.2) is 0 Å². The van der Waals surface area contributed by atoms with Crippen molar-refractivity contribution < 1.29 is 37.3 Å². The Kier molecular flexibility index (Phi) is 6.11. The van der Waals surface area contributed by atoms with Gasteiger partial charge >= 0.3 is 5.97 Å². The maximum Gasteiger partial charge on any atom is 0.305 e. The van der Waals surface area contributed by atoms with Crippen LogP contribution in [0.4, 0.5) is 4.39 Å². The second-order valence-corrected chi connectivity index (χ2v) is 8.65. The van der Waals surface area contributed by atoms with Crippen molar-refractivity contribution in [2.75, 3.05) is 19.8 Å². The van der Waals surface area contributed by atoms with E-state index in [4.69, 9.17) is 14.6 Å². The number of halogens is 1. The summed E-state index contributed by atoms with van der Waals surface area (Å²) in [5, 5.41) is 19.1. The highest BCUT2D eigenvalue weighted by atomic mass is 32.2. The first-order valence-electron chi connectivity index (χ1n) is 8.68. The quantitative estimate of drug-likeness (QED) is 0.757. The first-order chi connectivity index (χ1) is 12.8. The van der Waals surface area contributed by atoms with Gasteiger partial charge < -0.3 is 19.7 Å². The van der Waals surface area contributed by atoms with E-state index in [2.05, 4.69) is 0 Å². The van der Waals surface area contributed by atoms with Crippen LogP contribution in [0.2, 0.25) is 0 Å². The van der Waals surface area contributed by atoms with Gasteiger partial charge in [-0.05, 0) is 37.1 Å². The zero-order chi connectivity index (χ0) is 19.6. The van der Waals surface area contributed by atoms with Crippen molar-refractivity contribution in [3.63, 3.8) is 0 Å². The molecule has 2 aliphatic heterocycles. The van der Waals surface area contributed by atoms with Crippen LogP contribution < -0.4 is 0 Å². The third-order valence-electron chi connectivity index (χ3n) is 4.76. The van der Waals surface area contributed by atoms with E-state index in [0.29, 0.717) is 12.8 Å². The summed E-state index contributed by atoms with van der Waals surface area (Å²) in [6.45, 7) is -0.202. The molecule has 1 aromatic carbocycles. The molecule has 27 heavy (non-hydrogen) atoms. The van der Waals surface area contributed by atoms with Gasteiger partial charge in [0.05, 0.1) is 48.9 Å². The lowest BCUT2D eigenvalue weighted by Gasteiger charge is -2.43. The molecule has 0 amide bonds. The minimum atomic E-state index is -4.01. The Morgan fingerprint density at radius 3 is 2.59 bits per heavy atom. The number of aliphatic hydroxyl groups excluding tert-OH is 1. The lowest BCUT2D eigenvalue weighted by molar-refractivity contribution is -0.155. The normalized spacial score (nSPS) is 30.1. The maximum atomic E-state index is 13.2. The fourth-order valence-electron chi connectivity index (χ4n) is 3.51. The molecule has 8 nitrogen and oxygen atoms in total. The molecule has 4 atom stereocenters. The molecule has 0 saturated carbocycles. The number of carbonyl (C=O) groups is 1. The number of hydrogen-bond acceptors (Lipinski definition) is 6. The molecule has 0 radical (unpaired) electrons. The van der Waals surface area contributed by atoms with E-state index in [0.717, 1.165) is 12.1 Å². The van der Waals surface area contributed by atoms with Crippen molar-refractivity contribution in [2.24, 2.45) is 0 Å². The SMILES string of the molecule is O=C(O)C[C@@H]1CC[C@H]2[C@@H](COC[C@@H](O)CN2S(=O)(=O)c2ccc(F)cc2)O1.